The number of primary sulfonamides is 1. The summed E-state index contributed by atoms with van der Waals surface area (Å²) in [5.74, 6) is 1.26. The molecule has 94 valence electrons. The summed E-state index contributed by atoms with van der Waals surface area (Å²) in [6, 6.07) is 5.36. The number of sulfonamides is 1. The lowest BCUT2D eigenvalue weighted by atomic mass is 10.2. The van der Waals surface area contributed by atoms with E-state index in [4.69, 9.17) is 14.6 Å². The van der Waals surface area contributed by atoms with Gasteiger partial charge in [0.1, 0.15) is 13.2 Å². The van der Waals surface area contributed by atoms with Gasteiger partial charge < -0.3 is 14.8 Å². The molecule has 0 aromatic heterocycles. The molecule has 2 rings (SSSR count). The molecule has 0 spiro atoms. The van der Waals surface area contributed by atoms with Crippen molar-refractivity contribution < 1.29 is 17.9 Å². The fourth-order valence-corrected chi connectivity index (χ4v) is 1.88. The lowest BCUT2D eigenvalue weighted by Crippen LogP contribution is -2.22. The Kier molecular flexibility index (Phi) is 3.39. The zero-order valence-electron chi connectivity index (χ0n) is 9.18. The molecule has 6 nitrogen and oxygen atoms in total. The highest BCUT2D eigenvalue weighted by Crippen LogP contribution is 2.32. The fourth-order valence-electron chi connectivity index (χ4n) is 1.49. The smallest absolute Gasteiger partial charge is 0.210 e. The van der Waals surface area contributed by atoms with Gasteiger partial charge in [0.2, 0.25) is 10.0 Å². The maximum Gasteiger partial charge on any atom is 0.210 e. The van der Waals surface area contributed by atoms with Crippen molar-refractivity contribution in [2.75, 3.05) is 30.8 Å². The van der Waals surface area contributed by atoms with Crippen LogP contribution >= 0.6 is 0 Å². The molecule has 0 bridgehead atoms. The highest BCUT2D eigenvalue weighted by Gasteiger charge is 2.11. The number of hydrogen-bond donors (Lipinski definition) is 2. The highest BCUT2D eigenvalue weighted by atomic mass is 32.2. The second-order valence-electron chi connectivity index (χ2n) is 3.65. The third-order valence-corrected chi connectivity index (χ3v) is 3.03. The Morgan fingerprint density at radius 1 is 1.24 bits per heavy atom. The van der Waals surface area contributed by atoms with Crippen molar-refractivity contribution in [1.29, 1.82) is 0 Å². The van der Waals surface area contributed by atoms with E-state index in [-0.39, 0.29) is 12.3 Å². The Morgan fingerprint density at radius 3 is 2.65 bits per heavy atom. The lowest BCUT2D eigenvalue weighted by molar-refractivity contribution is 0.171. The van der Waals surface area contributed by atoms with Crippen LogP contribution in [0.3, 0.4) is 0 Å². The van der Waals surface area contributed by atoms with Gasteiger partial charge in [0, 0.05) is 18.3 Å². The number of rotatable bonds is 4. The van der Waals surface area contributed by atoms with E-state index in [1.807, 2.05) is 0 Å². The second-order valence-corrected chi connectivity index (χ2v) is 5.39. The van der Waals surface area contributed by atoms with Crippen LogP contribution in [0.15, 0.2) is 18.2 Å². The minimum atomic E-state index is -3.43. The molecule has 1 aliphatic heterocycles. The number of ether oxygens (including phenoxy) is 2. The van der Waals surface area contributed by atoms with E-state index in [0.717, 1.165) is 5.69 Å². The molecule has 1 aromatic rings. The van der Waals surface area contributed by atoms with Crippen molar-refractivity contribution in [3.63, 3.8) is 0 Å². The van der Waals surface area contributed by atoms with Crippen molar-refractivity contribution >= 4 is 15.7 Å². The maximum absolute atomic E-state index is 10.7. The molecule has 0 fully saturated rings. The predicted molar refractivity (Wildman–Crippen MR) is 63.9 cm³/mol. The van der Waals surface area contributed by atoms with Gasteiger partial charge in [0.25, 0.3) is 0 Å². The number of fused-ring (bicyclic) bond motifs is 1. The van der Waals surface area contributed by atoms with E-state index in [0.29, 0.717) is 24.7 Å². The molecule has 1 heterocycles. The minimum absolute atomic E-state index is 0.110. The fraction of sp³-hybridized carbons (Fsp3) is 0.400. The number of anilines is 1. The molecule has 0 amide bonds. The van der Waals surface area contributed by atoms with Crippen molar-refractivity contribution in [2.24, 2.45) is 5.14 Å². The van der Waals surface area contributed by atoms with E-state index in [1.165, 1.54) is 0 Å². The first kappa shape index (κ1) is 12.0. The average Bonchev–Trinajstić information content (AvgIpc) is 2.27. The molecule has 0 saturated heterocycles. The van der Waals surface area contributed by atoms with Gasteiger partial charge in [0.15, 0.2) is 11.5 Å². The maximum atomic E-state index is 10.7. The summed E-state index contributed by atoms with van der Waals surface area (Å²) in [5.41, 5.74) is 0.776. The van der Waals surface area contributed by atoms with Crippen molar-refractivity contribution in [3.05, 3.63) is 18.2 Å². The summed E-state index contributed by atoms with van der Waals surface area (Å²) in [7, 11) is -3.43. The average molecular weight is 258 g/mol. The van der Waals surface area contributed by atoms with E-state index >= 15 is 0 Å². The number of benzene rings is 1. The quantitative estimate of drug-likeness (QED) is 0.802. The molecule has 0 unspecified atom stereocenters. The minimum Gasteiger partial charge on any atom is -0.486 e. The van der Waals surface area contributed by atoms with E-state index in [2.05, 4.69) is 5.32 Å². The SMILES string of the molecule is NS(=O)(=O)CCNc1ccc2c(c1)OCCO2. The van der Waals surface area contributed by atoms with Crippen LogP contribution in [0.2, 0.25) is 0 Å². The topological polar surface area (TPSA) is 90.7 Å². The van der Waals surface area contributed by atoms with E-state index in [9.17, 15) is 8.42 Å². The van der Waals surface area contributed by atoms with Crippen molar-refractivity contribution in [2.45, 2.75) is 0 Å². The predicted octanol–water partition coefficient (Wildman–Crippen LogP) is 0.158. The van der Waals surface area contributed by atoms with Crippen LogP contribution in [-0.4, -0.2) is 33.9 Å². The van der Waals surface area contributed by atoms with Gasteiger partial charge in [-0.1, -0.05) is 0 Å². The van der Waals surface area contributed by atoms with Gasteiger partial charge in [0.05, 0.1) is 5.75 Å². The molecule has 0 radical (unpaired) electrons. The van der Waals surface area contributed by atoms with Gasteiger partial charge in [-0.3, -0.25) is 0 Å². The van der Waals surface area contributed by atoms with Crippen LogP contribution in [0.25, 0.3) is 0 Å². The molecule has 0 atom stereocenters. The van der Waals surface area contributed by atoms with E-state index in [1.54, 1.807) is 18.2 Å². The largest absolute Gasteiger partial charge is 0.486 e. The first-order chi connectivity index (χ1) is 8.04. The lowest BCUT2D eigenvalue weighted by Gasteiger charge is -2.19. The summed E-state index contributed by atoms with van der Waals surface area (Å²) >= 11 is 0. The van der Waals surface area contributed by atoms with Crippen LogP contribution < -0.4 is 19.9 Å². The molecule has 3 N–H and O–H groups in total. The first-order valence-corrected chi connectivity index (χ1v) is 6.90. The van der Waals surface area contributed by atoms with Crippen LogP contribution in [-0.2, 0) is 10.0 Å². The van der Waals surface area contributed by atoms with Gasteiger partial charge >= 0.3 is 0 Å². The third kappa shape index (κ3) is 3.50. The Hall–Kier alpha value is -1.47. The summed E-state index contributed by atoms with van der Waals surface area (Å²) < 4.78 is 32.3. The zero-order chi connectivity index (χ0) is 12.3. The van der Waals surface area contributed by atoms with E-state index < -0.39 is 10.0 Å². The van der Waals surface area contributed by atoms with Gasteiger partial charge in [-0.05, 0) is 12.1 Å². The highest BCUT2D eigenvalue weighted by molar-refractivity contribution is 7.89. The van der Waals surface area contributed by atoms with Crippen LogP contribution in [0.4, 0.5) is 5.69 Å². The Bertz CT molecular complexity index is 501. The molecule has 7 heteroatoms. The van der Waals surface area contributed by atoms with Crippen LogP contribution in [0.1, 0.15) is 0 Å². The summed E-state index contributed by atoms with van der Waals surface area (Å²) in [5, 5.41) is 7.85. The molecule has 0 aliphatic carbocycles. The molecule has 17 heavy (non-hydrogen) atoms. The standard InChI is InChI=1S/C10H14N2O4S/c11-17(13,14)6-3-12-8-1-2-9-10(7-8)16-5-4-15-9/h1-2,7,12H,3-6H2,(H2,11,13,14). The zero-order valence-corrected chi connectivity index (χ0v) is 10.00. The number of hydrogen-bond acceptors (Lipinski definition) is 5. The molecule has 1 aliphatic rings. The molecule has 0 saturated carbocycles. The summed E-state index contributed by atoms with van der Waals surface area (Å²) in [6.07, 6.45) is 0. The van der Waals surface area contributed by atoms with Crippen LogP contribution in [0, 0.1) is 0 Å². The molecule has 1 aromatic carbocycles. The number of nitrogens with one attached hydrogen (secondary N) is 1. The summed E-state index contributed by atoms with van der Waals surface area (Å²) in [4.78, 5) is 0. The normalized spacial score (nSPS) is 14.4. The molecular formula is C10H14N2O4S. The number of nitrogens with two attached hydrogens (primary N) is 1. The third-order valence-electron chi connectivity index (χ3n) is 2.26. The van der Waals surface area contributed by atoms with Crippen LogP contribution in [0.5, 0.6) is 11.5 Å². The van der Waals surface area contributed by atoms with Crippen molar-refractivity contribution in [3.8, 4) is 11.5 Å². The van der Waals surface area contributed by atoms with Gasteiger partial charge in [-0.2, -0.15) is 0 Å². The van der Waals surface area contributed by atoms with Gasteiger partial charge in [-0.15, -0.1) is 0 Å². The summed E-state index contributed by atoms with van der Waals surface area (Å²) in [6.45, 7) is 1.33. The Morgan fingerprint density at radius 2 is 1.94 bits per heavy atom. The first-order valence-electron chi connectivity index (χ1n) is 5.18. The Balaban J connectivity index is 1.98. The monoisotopic (exact) mass is 258 g/mol. The van der Waals surface area contributed by atoms with Gasteiger partial charge in [-0.25, -0.2) is 13.6 Å². The molecular weight excluding hydrogens is 244 g/mol. The Labute approximate surface area is 99.8 Å². The van der Waals surface area contributed by atoms with Crippen molar-refractivity contribution in [1.82, 2.24) is 0 Å². The second kappa shape index (κ2) is 4.80.